The molecule has 1 unspecified atom stereocenters. The maximum Gasteiger partial charge on any atom is 0.262 e. The van der Waals surface area contributed by atoms with Gasteiger partial charge < -0.3 is 5.32 Å². The summed E-state index contributed by atoms with van der Waals surface area (Å²) in [6.45, 7) is 1.74. The molecule has 0 bridgehead atoms. The first-order valence-corrected chi connectivity index (χ1v) is 9.53. The molecule has 3 amide bonds. The highest BCUT2D eigenvalue weighted by atomic mass is 19.1. The Labute approximate surface area is 173 Å². The Morgan fingerprint density at radius 2 is 1.53 bits per heavy atom. The van der Waals surface area contributed by atoms with E-state index in [1.807, 2.05) is 30.3 Å². The van der Waals surface area contributed by atoms with E-state index in [0.29, 0.717) is 11.3 Å². The van der Waals surface area contributed by atoms with Crippen molar-refractivity contribution in [3.05, 3.63) is 101 Å². The van der Waals surface area contributed by atoms with E-state index in [1.165, 1.54) is 12.1 Å². The Kier molecular flexibility index (Phi) is 5.14. The van der Waals surface area contributed by atoms with Gasteiger partial charge in [0.15, 0.2) is 0 Å². The van der Waals surface area contributed by atoms with Gasteiger partial charge >= 0.3 is 0 Å². The topological polar surface area (TPSA) is 66.5 Å². The summed E-state index contributed by atoms with van der Waals surface area (Å²) in [4.78, 5) is 40.2. The van der Waals surface area contributed by atoms with Crippen LogP contribution < -0.4 is 5.32 Å². The van der Waals surface area contributed by atoms with Crippen LogP contribution in [0.1, 0.15) is 31.8 Å². The zero-order valence-corrected chi connectivity index (χ0v) is 16.3. The summed E-state index contributed by atoms with van der Waals surface area (Å²) in [7, 11) is 0. The normalized spacial score (nSPS) is 13.9. The van der Waals surface area contributed by atoms with Gasteiger partial charge in [-0.2, -0.15) is 0 Å². The monoisotopic (exact) mass is 402 g/mol. The molecule has 1 atom stereocenters. The van der Waals surface area contributed by atoms with E-state index < -0.39 is 29.6 Å². The maximum absolute atomic E-state index is 13.7. The number of anilines is 1. The average Bonchev–Trinajstić information content (AvgIpc) is 3.00. The molecule has 0 saturated carbocycles. The van der Waals surface area contributed by atoms with Gasteiger partial charge in [0.1, 0.15) is 11.9 Å². The van der Waals surface area contributed by atoms with Gasteiger partial charge in [-0.15, -0.1) is 0 Å². The van der Waals surface area contributed by atoms with E-state index in [2.05, 4.69) is 5.32 Å². The number of hydrogen-bond donors (Lipinski definition) is 1. The van der Waals surface area contributed by atoms with Crippen LogP contribution in [-0.4, -0.2) is 28.7 Å². The Balaban J connectivity index is 1.70. The van der Waals surface area contributed by atoms with Crippen LogP contribution in [-0.2, 0) is 11.2 Å². The Morgan fingerprint density at radius 3 is 2.17 bits per heavy atom. The van der Waals surface area contributed by atoms with Crippen LogP contribution in [0.15, 0.2) is 72.8 Å². The van der Waals surface area contributed by atoms with Crippen molar-refractivity contribution >= 4 is 23.4 Å². The number of fused-ring (bicyclic) bond motifs is 1. The number of benzene rings is 3. The second kappa shape index (κ2) is 7.91. The summed E-state index contributed by atoms with van der Waals surface area (Å²) in [6.07, 6.45) is 0.145. The van der Waals surface area contributed by atoms with Gasteiger partial charge in [0.25, 0.3) is 11.8 Å². The summed E-state index contributed by atoms with van der Waals surface area (Å²) in [5, 5.41) is 2.69. The fourth-order valence-electron chi connectivity index (χ4n) is 3.57. The second-order valence-corrected chi connectivity index (χ2v) is 7.18. The van der Waals surface area contributed by atoms with Crippen molar-refractivity contribution < 1.29 is 18.8 Å². The van der Waals surface area contributed by atoms with Crippen molar-refractivity contribution in [2.75, 3.05) is 5.32 Å². The fraction of sp³-hybridized carbons (Fsp3) is 0.125. The van der Waals surface area contributed by atoms with Crippen LogP contribution in [0, 0.1) is 12.7 Å². The summed E-state index contributed by atoms with van der Waals surface area (Å²) < 4.78 is 13.7. The van der Waals surface area contributed by atoms with Crippen LogP contribution in [0.25, 0.3) is 0 Å². The minimum absolute atomic E-state index is 0.145. The molecule has 30 heavy (non-hydrogen) atoms. The first-order valence-electron chi connectivity index (χ1n) is 9.53. The van der Waals surface area contributed by atoms with E-state index in [1.54, 1.807) is 37.3 Å². The van der Waals surface area contributed by atoms with Crippen LogP contribution in [0.5, 0.6) is 0 Å². The number of halogens is 1. The lowest BCUT2D eigenvalue weighted by Crippen LogP contribution is -2.48. The summed E-state index contributed by atoms with van der Waals surface area (Å²) >= 11 is 0. The van der Waals surface area contributed by atoms with Crippen LogP contribution in [0.3, 0.4) is 0 Å². The molecule has 3 aromatic rings. The molecule has 0 aromatic heterocycles. The lowest BCUT2D eigenvalue weighted by atomic mass is 10.0. The lowest BCUT2D eigenvalue weighted by molar-refractivity contribution is -0.119. The molecule has 1 aliphatic rings. The zero-order valence-electron chi connectivity index (χ0n) is 16.3. The summed E-state index contributed by atoms with van der Waals surface area (Å²) in [5.41, 5.74) is 2.32. The van der Waals surface area contributed by atoms with Crippen LogP contribution in [0.2, 0.25) is 0 Å². The number of hydrogen-bond acceptors (Lipinski definition) is 3. The highest BCUT2D eigenvalue weighted by Crippen LogP contribution is 2.27. The average molecular weight is 402 g/mol. The Bertz CT molecular complexity index is 1110. The number of nitrogens with one attached hydrogen (secondary N) is 1. The molecule has 0 fully saturated rings. The molecule has 0 radical (unpaired) electrons. The quantitative estimate of drug-likeness (QED) is 0.657. The highest BCUT2D eigenvalue weighted by Gasteiger charge is 2.42. The van der Waals surface area contributed by atoms with Crippen molar-refractivity contribution in [1.82, 2.24) is 4.90 Å². The molecule has 0 saturated heterocycles. The highest BCUT2D eigenvalue weighted by molar-refractivity contribution is 6.23. The van der Waals surface area contributed by atoms with Crippen molar-refractivity contribution in [1.29, 1.82) is 0 Å². The molecule has 0 aliphatic carbocycles. The third-order valence-corrected chi connectivity index (χ3v) is 5.17. The smallest absolute Gasteiger partial charge is 0.262 e. The third kappa shape index (κ3) is 3.59. The van der Waals surface area contributed by atoms with Crippen LogP contribution >= 0.6 is 0 Å². The molecule has 0 spiro atoms. The predicted octanol–water partition coefficient (Wildman–Crippen LogP) is 3.98. The van der Waals surface area contributed by atoms with E-state index in [-0.39, 0.29) is 17.5 Å². The summed E-state index contributed by atoms with van der Waals surface area (Å²) in [5.74, 6) is -2.07. The maximum atomic E-state index is 13.7. The standard InChI is InChI=1S/C24H19FN2O3/c1-15-11-12-17(25)14-20(15)26-22(28)21(13-16-7-3-2-4-8-16)27-23(29)18-9-5-6-10-19(18)24(27)30/h2-12,14,21H,13H2,1H3,(H,26,28). The van der Waals surface area contributed by atoms with Gasteiger partial charge in [0.05, 0.1) is 11.1 Å². The van der Waals surface area contributed by atoms with Crippen molar-refractivity contribution in [3.63, 3.8) is 0 Å². The van der Waals surface area contributed by atoms with Gasteiger partial charge in [-0.1, -0.05) is 48.5 Å². The largest absolute Gasteiger partial charge is 0.324 e. The molecule has 1 aliphatic heterocycles. The van der Waals surface area contributed by atoms with Gasteiger partial charge in [-0.25, -0.2) is 4.39 Å². The first kappa shape index (κ1) is 19.5. The number of carbonyl (C=O) groups is 3. The van der Waals surface area contributed by atoms with Gasteiger partial charge in [-0.05, 0) is 42.3 Å². The second-order valence-electron chi connectivity index (χ2n) is 7.18. The fourth-order valence-corrected chi connectivity index (χ4v) is 3.57. The van der Waals surface area contributed by atoms with Crippen molar-refractivity contribution in [2.45, 2.75) is 19.4 Å². The Hall–Kier alpha value is -3.80. The number of nitrogens with zero attached hydrogens (tertiary/aromatic N) is 1. The SMILES string of the molecule is Cc1ccc(F)cc1NC(=O)C(Cc1ccccc1)N1C(=O)c2ccccc2C1=O. The number of aryl methyl sites for hydroxylation is 1. The third-order valence-electron chi connectivity index (χ3n) is 5.17. The van der Waals surface area contributed by atoms with E-state index in [9.17, 15) is 18.8 Å². The van der Waals surface area contributed by atoms with E-state index in [4.69, 9.17) is 0 Å². The van der Waals surface area contributed by atoms with Gasteiger partial charge in [-0.3, -0.25) is 19.3 Å². The molecule has 3 aromatic carbocycles. The number of imide groups is 1. The molecule has 6 heteroatoms. The minimum atomic E-state index is -1.08. The molecule has 1 heterocycles. The van der Waals surface area contributed by atoms with Crippen molar-refractivity contribution in [3.8, 4) is 0 Å². The van der Waals surface area contributed by atoms with Crippen molar-refractivity contribution in [2.24, 2.45) is 0 Å². The molecule has 4 rings (SSSR count). The molecule has 5 nitrogen and oxygen atoms in total. The van der Waals surface area contributed by atoms with E-state index in [0.717, 1.165) is 10.5 Å². The zero-order chi connectivity index (χ0) is 21.3. The van der Waals surface area contributed by atoms with Crippen LogP contribution in [0.4, 0.5) is 10.1 Å². The molecular weight excluding hydrogens is 383 g/mol. The Morgan fingerprint density at radius 1 is 0.933 bits per heavy atom. The van der Waals surface area contributed by atoms with Gasteiger partial charge in [0, 0.05) is 12.1 Å². The van der Waals surface area contributed by atoms with E-state index >= 15 is 0 Å². The van der Waals surface area contributed by atoms with Gasteiger partial charge in [0.2, 0.25) is 5.91 Å². The summed E-state index contributed by atoms with van der Waals surface area (Å²) in [6, 6.07) is 18.6. The molecular formula is C24H19FN2O3. The number of rotatable bonds is 5. The lowest BCUT2D eigenvalue weighted by Gasteiger charge is -2.26. The number of amides is 3. The first-order chi connectivity index (χ1) is 14.5. The molecule has 1 N–H and O–H groups in total. The molecule has 150 valence electrons. The number of carbonyl (C=O) groups excluding carboxylic acids is 3. The minimum Gasteiger partial charge on any atom is -0.324 e. The predicted molar refractivity (Wildman–Crippen MR) is 111 cm³/mol.